The number of carbonyl (C=O) groups excluding carboxylic acids is 1. The number of nitrogens with one attached hydrogen (secondary N) is 1. The molecule has 0 radical (unpaired) electrons. The molecule has 2 heterocycles. The molecule has 2 bridgehead atoms. The van der Waals surface area contributed by atoms with Crippen LogP contribution in [0.2, 0.25) is 5.02 Å². The number of benzene rings is 1. The van der Waals surface area contributed by atoms with E-state index in [0.717, 1.165) is 37.9 Å². The fourth-order valence-corrected chi connectivity index (χ4v) is 3.18. The van der Waals surface area contributed by atoms with E-state index in [0.29, 0.717) is 17.1 Å². The first-order valence-electron chi connectivity index (χ1n) is 6.54. The number of nitrogens with zero attached hydrogens (tertiary/aromatic N) is 1. The van der Waals surface area contributed by atoms with Crippen molar-refractivity contribution in [3.05, 3.63) is 34.9 Å². The van der Waals surface area contributed by atoms with E-state index in [2.05, 4.69) is 10.2 Å². The van der Waals surface area contributed by atoms with Gasteiger partial charge in [0.1, 0.15) is 0 Å². The quantitative estimate of drug-likeness (QED) is 0.844. The maximum absolute atomic E-state index is 12.6. The minimum atomic E-state index is 0.155. The topological polar surface area (TPSA) is 32.3 Å². The summed E-state index contributed by atoms with van der Waals surface area (Å²) in [5.41, 5.74) is 0.748. The van der Waals surface area contributed by atoms with E-state index in [1.807, 2.05) is 12.1 Å². The van der Waals surface area contributed by atoms with Crippen LogP contribution in [0, 0.1) is 0 Å². The lowest BCUT2D eigenvalue weighted by atomic mass is 10.1. The van der Waals surface area contributed by atoms with Gasteiger partial charge in [0.2, 0.25) is 0 Å². The summed E-state index contributed by atoms with van der Waals surface area (Å²) in [5, 5.41) is 4.08. The van der Waals surface area contributed by atoms with Gasteiger partial charge in [-0.1, -0.05) is 11.6 Å². The lowest BCUT2D eigenvalue weighted by molar-refractivity contribution is 0.0680. The molecule has 1 aromatic carbocycles. The summed E-state index contributed by atoms with van der Waals surface area (Å²) in [5.74, 6) is 0.155. The van der Waals surface area contributed by atoms with Crippen molar-refractivity contribution in [3.8, 4) is 0 Å². The van der Waals surface area contributed by atoms with Crippen LogP contribution in [-0.2, 0) is 0 Å². The molecule has 2 fully saturated rings. The zero-order chi connectivity index (χ0) is 12.5. The predicted octanol–water partition coefficient (Wildman–Crippen LogP) is 2.31. The molecule has 0 saturated carbocycles. The van der Waals surface area contributed by atoms with Crippen molar-refractivity contribution in [2.75, 3.05) is 13.1 Å². The Morgan fingerprint density at radius 3 is 2.67 bits per heavy atom. The molecule has 2 aliphatic heterocycles. The summed E-state index contributed by atoms with van der Waals surface area (Å²) in [6, 6.07) is 7.98. The van der Waals surface area contributed by atoms with Crippen LogP contribution in [0.1, 0.15) is 29.6 Å². The highest BCUT2D eigenvalue weighted by Gasteiger charge is 2.38. The lowest BCUT2D eigenvalue weighted by Crippen LogP contribution is -2.42. The third kappa shape index (κ3) is 2.13. The van der Waals surface area contributed by atoms with Gasteiger partial charge in [-0.2, -0.15) is 0 Å². The molecular weight excluding hydrogens is 248 g/mol. The fraction of sp³-hybridized carbons (Fsp3) is 0.500. The average molecular weight is 265 g/mol. The van der Waals surface area contributed by atoms with Gasteiger partial charge in [-0.15, -0.1) is 0 Å². The van der Waals surface area contributed by atoms with Crippen LogP contribution in [0.25, 0.3) is 0 Å². The molecule has 4 heteroatoms. The zero-order valence-electron chi connectivity index (χ0n) is 10.2. The highest BCUT2D eigenvalue weighted by molar-refractivity contribution is 6.30. The summed E-state index contributed by atoms with van der Waals surface area (Å²) in [6.07, 6.45) is 3.33. The van der Waals surface area contributed by atoms with Crippen molar-refractivity contribution in [3.63, 3.8) is 0 Å². The summed E-state index contributed by atoms with van der Waals surface area (Å²) in [6.45, 7) is 1.95. The highest BCUT2D eigenvalue weighted by Crippen LogP contribution is 2.29. The van der Waals surface area contributed by atoms with Crippen molar-refractivity contribution >= 4 is 17.5 Å². The predicted molar refractivity (Wildman–Crippen MR) is 71.9 cm³/mol. The maximum atomic E-state index is 12.6. The molecule has 0 aliphatic carbocycles. The van der Waals surface area contributed by atoms with Crippen molar-refractivity contribution < 1.29 is 4.79 Å². The Morgan fingerprint density at radius 2 is 1.89 bits per heavy atom. The van der Waals surface area contributed by atoms with Gasteiger partial charge in [-0.25, -0.2) is 0 Å². The highest BCUT2D eigenvalue weighted by atomic mass is 35.5. The minimum absolute atomic E-state index is 0.155. The van der Waals surface area contributed by atoms with Gasteiger partial charge in [0.25, 0.3) is 5.91 Å². The van der Waals surface area contributed by atoms with E-state index in [4.69, 9.17) is 11.6 Å². The monoisotopic (exact) mass is 264 g/mol. The molecule has 0 spiro atoms. The van der Waals surface area contributed by atoms with Gasteiger partial charge in [0.05, 0.1) is 0 Å². The van der Waals surface area contributed by atoms with Gasteiger partial charge >= 0.3 is 0 Å². The SMILES string of the molecule is O=C(c1ccc(Cl)cc1)N1C2CCNCC1CC2. The van der Waals surface area contributed by atoms with Gasteiger partial charge in [0, 0.05) is 29.2 Å². The Hall–Kier alpha value is -1.06. The van der Waals surface area contributed by atoms with E-state index in [1.165, 1.54) is 0 Å². The number of carbonyl (C=O) groups is 1. The van der Waals surface area contributed by atoms with Gasteiger partial charge in [0.15, 0.2) is 0 Å². The van der Waals surface area contributed by atoms with Crippen LogP contribution in [0.3, 0.4) is 0 Å². The van der Waals surface area contributed by atoms with Crippen LogP contribution in [0.5, 0.6) is 0 Å². The van der Waals surface area contributed by atoms with Gasteiger partial charge < -0.3 is 10.2 Å². The Morgan fingerprint density at radius 1 is 1.17 bits per heavy atom. The third-order valence-electron chi connectivity index (χ3n) is 3.98. The molecule has 0 aromatic heterocycles. The number of rotatable bonds is 1. The Bertz CT molecular complexity index is 432. The maximum Gasteiger partial charge on any atom is 0.254 e. The smallest absolute Gasteiger partial charge is 0.254 e. The standard InChI is InChI=1S/C14H17ClN2O/c15-11-3-1-10(2-4-11)14(18)17-12-5-6-13(17)9-16-8-7-12/h1-4,12-13,16H,5-9H2. The van der Waals surface area contributed by atoms with Crippen molar-refractivity contribution in [2.24, 2.45) is 0 Å². The molecule has 2 unspecified atom stereocenters. The van der Waals surface area contributed by atoms with E-state index in [-0.39, 0.29) is 5.91 Å². The van der Waals surface area contributed by atoms with Crippen LogP contribution in [0.4, 0.5) is 0 Å². The summed E-state index contributed by atoms with van der Waals surface area (Å²) < 4.78 is 0. The summed E-state index contributed by atoms with van der Waals surface area (Å²) >= 11 is 5.86. The number of amides is 1. The second kappa shape index (κ2) is 4.90. The molecule has 18 heavy (non-hydrogen) atoms. The normalized spacial score (nSPS) is 27.1. The first-order chi connectivity index (χ1) is 8.75. The minimum Gasteiger partial charge on any atom is -0.331 e. The third-order valence-corrected chi connectivity index (χ3v) is 4.23. The van der Waals surface area contributed by atoms with E-state index < -0.39 is 0 Å². The average Bonchev–Trinajstić information content (AvgIpc) is 2.63. The first kappa shape index (κ1) is 12.0. The van der Waals surface area contributed by atoms with E-state index >= 15 is 0 Å². The van der Waals surface area contributed by atoms with Crippen LogP contribution in [0.15, 0.2) is 24.3 Å². The molecule has 96 valence electrons. The van der Waals surface area contributed by atoms with Crippen molar-refractivity contribution in [2.45, 2.75) is 31.3 Å². The van der Waals surface area contributed by atoms with E-state index in [1.54, 1.807) is 12.1 Å². The number of hydrogen-bond donors (Lipinski definition) is 1. The molecule has 3 rings (SSSR count). The fourth-order valence-electron chi connectivity index (χ4n) is 3.06. The first-order valence-corrected chi connectivity index (χ1v) is 6.92. The van der Waals surface area contributed by atoms with Crippen LogP contribution in [-0.4, -0.2) is 36.0 Å². The van der Waals surface area contributed by atoms with Crippen LogP contribution >= 0.6 is 11.6 Å². The molecule has 2 atom stereocenters. The van der Waals surface area contributed by atoms with Crippen molar-refractivity contribution in [1.82, 2.24) is 10.2 Å². The van der Waals surface area contributed by atoms with E-state index in [9.17, 15) is 4.79 Å². The number of hydrogen-bond acceptors (Lipinski definition) is 2. The molecule has 1 aromatic rings. The molecular formula is C14H17ClN2O. The van der Waals surface area contributed by atoms with Crippen LogP contribution < -0.4 is 5.32 Å². The Labute approximate surface area is 112 Å². The summed E-state index contributed by atoms with van der Waals surface area (Å²) in [4.78, 5) is 14.7. The second-order valence-electron chi connectivity index (χ2n) is 5.10. The van der Waals surface area contributed by atoms with Gasteiger partial charge in [-0.05, 0) is 50.1 Å². The summed E-state index contributed by atoms with van der Waals surface area (Å²) in [7, 11) is 0. The lowest BCUT2D eigenvalue weighted by Gasteiger charge is -2.28. The largest absolute Gasteiger partial charge is 0.331 e. The second-order valence-corrected chi connectivity index (χ2v) is 5.53. The Balaban J connectivity index is 1.85. The molecule has 2 aliphatic rings. The molecule has 3 nitrogen and oxygen atoms in total. The molecule has 1 N–H and O–H groups in total. The Kier molecular flexibility index (Phi) is 3.27. The van der Waals surface area contributed by atoms with Crippen molar-refractivity contribution in [1.29, 1.82) is 0 Å². The zero-order valence-corrected chi connectivity index (χ0v) is 11.0. The molecule has 2 saturated heterocycles. The number of halogens is 1. The molecule has 1 amide bonds. The van der Waals surface area contributed by atoms with Gasteiger partial charge in [-0.3, -0.25) is 4.79 Å². The number of fused-ring (bicyclic) bond motifs is 2.